The molecule has 32 heavy (non-hydrogen) atoms. The molecule has 3 aromatic rings. The Kier molecular flexibility index (Phi) is 5.62. The molecule has 2 fully saturated rings. The maximum atomic E-state index is 13.1. The maximum Gasteiger partial charge on any atom is 0.253 e. The minimum absolute atomic E-state index is 0.125. The number of nitrogens with two attached hydrogens (primary N) is 1. The van der Waals surface area contributed by atoms with Crippen molar-refractivity contribution in [1.82, 2.24) is 14.8 Å². The zero-order valence-electron chi connectivity index (χ0n) is 18.1. The van der Waals surface area contributed by atoms with Crippen LogP contribution >= 0.6 is 0 Å². The Labute approximate surface area is 188 Å². The molecule has 1 unspecified atom stereocenters. The van der Waals surface area contributed by atoms with Gasteiger partial charge in [0, 0.05) is 55.1 Å². The summed E-state index contributed by atoms with van der Waals surface area (Å²) in [5.74, 6) is 0.849. The molecule has 2 amide bonds. The second kappa shape index (κ2) is 8.71. The zero-order chi connectivity index (χ0) is 22.1. The highest BCUT2D eigenvalue weighted by atomic mass is 16.2. The molecule has 2 aliphatic rings. The van der Waals surface area contributed by atoms with Gasteiger partial charge in [0.1, 0.15) is 0 Å². The highest BCUT2D eigenvalue weighted by molar-refractivity contribution is 5.98. The number of rotatable bonds is 6. The topological polar surface area (TPSA) is 79.5 Å². The number of nitrogens with zero attached hydrogens (tertiary/aromatic N) is 3. The summed E-state index contributed by atoms with van der Waals surface area (Å²) in [6, 6.07) is 15.4. The average molecular weight is 429 g/mol. The van der Waals surface area contributed by atoms with Gasteiger partial charge in [-0.25, -0.2) is 0 Å². The van der Waals surface area contributed by atoms with Crippen molar-refractivity contribution in [1.29, 1.82) is 0 Å². The van der Waals surface area contributed by atoms with Crippen LogP contribution in [0.3, 0.4) is 0 Å². The number of benzene rings is 2. The molecule has 2 aliphatic heterocycles. The van der Waals surface area contributed by atoms with E-state index in [-0.39, 0.29) is 11.8 Å². The Balaban J connectivity index is 1.14. The number of aromatic nitrogens is 1. The number of fused-ring (bicyclic) bond motifs is 2. The van der Waals surface area contributed by atoms with Crippen molar-refractivity contribution in [2.45, 2.75) is 12.8 Å². The van der Waals surface area contributed by atoms with Crippen molar-refractivity contribution in [3.8, 4) is 0 Å². The Morgan fingerprint density at radius 2 is 1.75 bits per heavy atom. The first-order valence-corrected chi connectivity index (χ1v) is 11.3. The summed E-state index contributed by atoms with van der Waals surface area (Å²) in [5.41, 5.74) is 7.90. The third-order valence-electron chi connectivity index (χ3n) is 6.94. The van der Waals surface area contributed by atoms with Gasteiger partial charge in [-0.2, -0.15) is 0 Å². The van der Waals surface area contributed by atoms with Crippen LogP contribution in [0.4, 0.5) is 0 Å². The van der Waals surface area contributed by atoms with Crippen LogP contribution in [0.25, 0.3) is 10.8 Å². The highest BCUT2D eigenvalue weighted by Crippen LogP contribution is 2.32. The van der Waals surface area contributed by atoms with E-state index in [1.54, 1.807) is 12.3 Å². The minimum atomic E-state index is -0.358. The van der Waals surface area contributed by atoms with Crippen LogP contribution in [-0.4, -0.2) is 59.3 Å². The molecule has 3 heterocycles. The van der Waals surface area contributed by atoms with Crippen molar-refractivity contribution in [2.75, 3.05) is 32.7 Å². The van der Waals surface area contributed by atoms with Crippen LogP contribution in [0.1, 0.15) is 32.7 Å². The van der Waals surface area contributed by atoms with Crippen molar-refractivity contribution in [2.24, 2.45) is 17.6 Å². The van der Waals surface area contributed by atoms with Gasteiger partial charge < -0.3 is 15.5 Å². The summed E-state index contributed by atoms with van der Waals surface area (Å²) in [6.07, 6.45) is 5.43. The number of pyridine rings is 1. The summed E-state index contributed by atoms with van der Waals surface area (Å²) in [7, 11) is 0. The molecule has 2 saturated heterocycles. The molecule has 0 spiro atoms. The number of hydrogen-bond acceptors (Lipinski definition) is 4. The summed E-state index contributed by atoms with van der Waals surface area (Å²) >= 11 is 0. The molecule has 5 rings (SSSR count). The van der Waals surface area contributed by atoms with Gasteiger partial charge in [0.05, 0.1) is 0 Å². The Morgan fingerprint density at radius 3 is 2.53 bits per heavy atom. The lowest BCUT2D eigenvalue weighted by Crippen LogP contribution is -2.33. The number of aryl methyl sites for hydroxylation is 1. The Bertz CT molecular complexity index is 1150. The van der Waals surface area contributed by atoms with E-state index < -0.39 is 0 Å². The van der Waals surface area contributed by atoms with Gasteiger partial charge in [0.15, 0.2) is 0 Å². The SMILES string of the molecule is NC(=O)c1ccccc1CCCN1CC2CN(C(=O)c3ccc4ccncc4c3)C[C@@H]2C1. The first-order valence-electron chi connectivity index (χ1n) is 11.3. The molecule has 2 N–H and O–H groups in total. The molecular weight excluding hydrogens is 400 g/mol. The number of primary amides is 1. The van der Waals surface area contributed by atoms with E-state index in [4.69, 9.17) is 5.73 Å². The molecule has 6 nitrogen and oxygen atoms in total. The van der Waals surface area contributed by atoms with Gasteiger partial charge in [0.25, 0.3) is 5.91 Å². The molecule has 2 atom stereocenters. The predicted molar refractivity (Wildman–Crippen MR) is 124 cm³/mol. The predicted octanol–water partition coefficient (Wildman–Crippen LogP) is 2.97. The van der Waals surface area contributed by atoms with E-state index in [1.165, 1.54) is 0 Å². The molecular formula is C26H28N4O2. The summed E-state index contributed by atoms with van der Waals surface area (Å²) < 4.78 is 0. The lowest BCUT2D eigenvalue weighted by molar-refractivity contribution is 0.0774. The number of carbonyl (C=O) groups is 2. The van der Waals surface area contributed by atoms with E-state index in [1.807, 2.05) is 53.6 Å². The lowest BCUT2D eigenvalue weighted by atomic mass is 10.0. The third-order valence-corrected chi connectivity index (χ3v) is 6.94. The molecule has 2 aromatic carbocycles. The molecule has 0 saturated carbocycles. The number of amides is 2. The molecule has 0 aliphatic carbocycles. The fourth-order valence-electron chi connectivity index (χ4n) is 5.31. The summed E-state index contributed by atoms with van der Waals surface area (Å²) in [6.45, 7) is 4.73. The number of hydrogen-bond donors (Lipinski definition) is 1. The van der Waals surface area contributed by atoms with E-state index >= 15 is 0 Å². The van der Waals surface area contributed by atoms with Crippen LogP contribution in [0.5, 0.6) is 0 Å². The first-order chi connectivity index (χ1) is 15.6. The van der Waals surface area contributed by atoms with Crippen molar-refractivity contribution in [3.63, 3.8) is 0 Å². The molecule has 0 bridgehead atoms. The average Bonchev–Trinajstić information content (AvgIpc) is 3.37. The highest BCUT2D eigenvalue weighted by Gasteiger charge is 2.41. The van der Waals surface area contributed by atoms with Crippen LogP contribution in [0, 0.1) is 11.8 Å². The lowest BCUT2D eigenvalue weighted by Gasteiger charge is -2.22. The molecule has 0 radical (unpaired) electrons. The van der Waals surface area contributed by atoms with E-state index in [0.717, 1.165) is 67.5 Å². The standard InChI is InChI=1S/C26H28N4O2/c27-25(31)24-6-2-1-4-19(24)5-3-11-29-14-22-16-30(17-23(22)15-29)26(32)20-8-7-18-9-10-28-13-21(18)12-20/h1-2,4,6-10,12-13,22-23H,3,5,11,14-17H2,(H2,27,31)/t22-,23?/m0/s1. The smallest absolute Gasteiger partial charge is 0.253 e. The Morgan fingerprint density at radius 1 is 0.969 bits per heavy atom. The number of carbonyl (C=O) groups excluding carboxylic acids is 2. The number of likely N-dealkylation sites (tertiary alicyclic amines) is 2. The summed E-state index contributed by atoms with van der Waals surface area (Å²) in [5, 5.41) is 2.10. The zero-order valence-corrected chi connectivity index (χ0v) is 18.1. The molecule has 164 valence electrons. The van der Waals surface area contributed by atoms with E-state index in [2.05, 4.69) is 9.88 Å². The normalized spacial score (nSPS) is 20.6. The van der Waals surface area contributed by atoms with Crippen LogP contribution < -0.4 is 5.73 Å². The second-order valence-corrected chi connectivity index (χ2v) is 9.05. The minimum Gasteiger partial charge on any atom is -0.366 e. The van der Waals surface area contributed by atoms with Crippen molar-refractivity contribution in [3.05, 3.63) is 77.6 Å². The maximum absolute atomic E-state index is 13.1. The van der Waals surface area contributed by atoms with E-state index in [9.17, 15) is 9.59 Å². The van der Waals surface area contributed by atoms with Crippen molar-refractivity contribution < 1.29 is 9.59 Å². The molecule has 6 heteroatoms. The van der Waals surface area contributed by atoms with Gasteiger partial charge in [-0.15, -0.1) is 0 Å². The molecule has 1 aromatic heterocycles. The second-order valence-electron chi connectivity index (χ2n) is 9.05. The van der Waals surface area contributed by atoms with Gasteiger partial charge in [-0.3, -0.25) is 14.6 Å². The van der Waals surface area contributed by atoms with Gasteiger partial charge >= 0.3 is 0 Å². The summed E-state index contributed by atoms with van der Waals surface area (Å²) in [4.78, 5) is 33.4. The van der Waals surface area contributed by atoms with Gasteiger partial charge in [-0.05, 0) is 66.4 Å². The van der Waals surface area contributed by atoms with Crippen molar-refractivity contribution >= 4 is 22.6 Å². The van der Waals surface area contributed by atoms with Crippen LogP contribution in [0.15, 0.2) is 60.9 Å². The fraction of sp³-hybridized carbons (Fsp3) is 0.346. The van der Waals surface area contributed by atoms with Crippen LogP contribution in [-0.2, 0) is 6.42 Å². The first kappa shape index (κ1) is 20.6. The van der Waals surface area contributed by atoms with E-state index in [0.29, 0.717) is 17.4 Å². The van der Waals surface area contributed by atoms with Crippen LogP contribution in [0.2, 0.25) is 0 Å². The quantitative estimate of drug-likeness (QED) is 0.655. The fourth-order valence-corrected chi connectivity index (χ4v) is 5.31. The van der Waals surface area contributed by atoms with Gasteiger partial charge in [-0.1, -0.05) is 24.3 Å². The third kappa shape index (κ3) is 4.10. The van der Waals surface area contributed by atoms with Gasteiger partial charge in [0.2, 0.25) is 5.91 Å². The Hall–Kier alpha value is -3.25. The largest absolute Gasteiger partial charge is 0.366 e. The monoisotopic (exact) mass is 428 g/mol.